The van der Waals surface area contributed by atoms with Crippen LogP contribution in [0.1, 0.15) is 11.3 Å². The number of furan rings is 1. The van der Waals surface area contributed by atoms with Gasteiger partial charge in [0.1, 0.15) is 23.0 Å². The first-order valence-electron chi connectivity index (χ1n) is 9.08. The van der Waals surface area contributed by atoms with Gasteiger partial charge in [-0.05, 0) is 35.4 Å². The van der Waals surface area contributed by atoms with Crippen molar-refractivity contribution in [1.82, 2.24) is 15.6 Å². The number of benzene rings is 2. The summed E-state index contributed by atoms with van der Waals surface area (Å²) in [4.78, 5) is 16.2. The molecule has 0 aliphatic rings. The normalized spacial score (nSPS) is 10.8. The van der Waals surface area contributed by atoms with Crippen LogP contribution < -0.4 is 16.4 Å². The average Bonchev–Trinajstić information content (AvgIpc) is 3.10. The standard InChI is InChI=1S/C22H19FN4O2/c23-16-7-8-18-17(10-16)21(15-4-2-1-3-5-15)19(29-18)13-27-22(28)26-12-14-6-9-20(24)25-11-14/h1-11H,12-13H2,(H2,24,25)(H2,26,27,28). The average molecular weight is 390 g/mol. The fraction of sp³-hybridized carbons (Fsp3) is 0.0909. The van der Waals surface area contributed by atoms with Crippen LogP contribution in [-0.2, 0) is 13.1 Å². The minimum absolute atomic E-state index is 0.159. The van der Waals surface area contributed by atoms with Gasteiger partial charge in [-0.3, -0.25) is 0 Å². The number of hydrogen-bond acceptors (Lipinski definition) is 4. The number of hydrogen-bond donors (Lipinski definition) is 3. The lowest BCUT2D eigenvalue weighted by molar-refractivity contribution is 0.239. The largest absolute Gasteiger partial charge is 0.459 e. The fourth-order valence-corrected chi connectivity index (χ4v) is 3.11. The molecule has 0 saturated heterocycles. The predicted octanol–water partition coefficient (Wildman–Crippen LogP) is 4.22. The number of carbonyl (C=O) groups excluding carboxylic acids is 1. The summed E-state index contributed by atoms with van der Waals surface area (Å²) in [7, 11) is 0. The molecule has 146 valence electrons. The maximum absolute atomic E-state index is 13.8. The highest BCUT2D eigenvalue weighted by molar-refractivity contribution is 5.96. The molecular formula is C22H19FN4O2. The number of aromatic nitrogens is 1. The van der Waals surface area contributed by atoms with Crippen LogP contribution in [0.25, 0.3) is 22.1 Å². The molecule has 0 fully saturated rings. The molecule has 29 heavy (non-hydrogen) atoms. The number of nitrogen functional groups attached to an aromatic ring is 1. The van der Waals surface area contributed by atoms with Gasteiger partial charge in [0.05, 0.1) is 6.54 Å². The van der Waals surface area contributed by atoms with Crippen molar-refractivity contribution >= 4 is 22.8 Å². The van der Waals surface area contributed by atoms with Gasteiger partial charge < -0.3 is 20.8 Å². The molecule has 0 radical (unpaired) electrons. The summed E-state index contributed by atoms with van der Waals surface area (Å²) < 4.78 is 19.7. The van der Waals surface area contributed by atoms with Crippen LogP contribution in [0.5, 0.6) is 0 Å². The van der Waals surface area contributed by atoms with Crippen molar-refractivity contribution in [3.8, 4) is 11.1 Å². The van der Waals surface area contributed by atoms with E-state index in [0.29, 0.717) is 29.1 Å². The Morgan fingerprint density at radius 2 is 1.83 bits per heavy atom. The lowest BCUT2D eigenvalue weighted by Gasteiger charge is -2.08. The summed E-state index contributed by atoms with van der Waals surface area (Å²) in [5.41, 5.74) is 8.61. The van der Waals surface area contributed by atoms with Crippen molar-refractivity contribution in [2.24, 2.45) is 0 Å². The molecule has 7 heteroatoms. The first-order valence-corrected chi connectivity index (χ1v) is 9.08. The second-order valence-electron chi connectivity index (χ2n) is 6.53. The maximum Gasteiger partial charge on any atom is 0.315 e. The smallest absolute Gasteiger partial charge is 0.315 e. The van der Waals surface area contributed by atoms with Gasteiger partial charge in [0.15, 0.2) is 0 Å². The monoisotopic (exact) mass is 390 g/mol. The quantitative estimate of drug-likeness (QED) is 0.476. The van der Waals surface area contributed by atoms with Crippen molar-refractivity contribution in [2.75, 3.05) is 5.73 Å². The van der Waals surface area contributed by atoms with Crippen LogP contribution in [-0.4, -0.2) is 11.0 Å². The number of nitrogens with two attached hydrogens (primary N) is 1. The van der Waals surface area contributed by atoms with Crippen molar-refractivity contribution in [3.05, 3.63) is 84.0 Å². The molecule has 0 aliphatic heterocycles. The van der Waals surface area contributed by atoms with E-state index in [1.807, 2.05) is 30.3 Å². The summed E-state index contributed by atoms with van der Waals surface area (Å²) in [5, 5.41) is 6.21. The minimum atomic E-state index is -0.354. The molecule has 0 unspecified atom stereocenters. The number of nitrogens with zero attached hydrogens (tertiary/aromatic N) is 1. The van der Waals surface area contributed by atoms with Crippen LogP contribution in [0, 0.1) is 5.82 Å². The molecule has 2 aromatic heterocycles. The lowest BCUT2D eigenvalue weighted by atomic mass is 10.0. The molecule has 2 heterocycles. The molecule has 2 amide bonds. The zero-order valence-electron chi connectivity index (χ0n) is 15.5. The molecule has 0 spiro atoms. The number of nitrogens with one attached hydrogen (secondary N) is 2. The molecule has 0 atom stereocenters. The topological polar surface area (TPSA) is 93.2 Å². The lowest BCUT2D eigenvalue weighted by Crippen LogP contribution is -2.34. The van der Waals surface area contributed by atoms with Crippen LogP contribution >= 0.6 is 0 Å². The highest BCUT2D eigenvalue weighted by atomic mass is 19.1. The second-order valence-corrected chi connectivity index (χ2v) is 6.53. The zero-order valence-corrected chi connectivity index (χ0v) is 15.5. The summed E-state index contributed by atoms with van der Waals surface area (Å²) >= 11 is 0. The highest BCUT2D eigenvalue weighted by Gasteiger charge is 2.17. The molecule has 0 saturated carbocycles. The Morgan fingerprint density at radius 3 is 2.59 bits per heavy atom. The molecule has 0 aliphatic carbocycles. The van der Waals surface area contributed by atoms with E-state index in [4.69, 9.17) is 10.2 Å². The summed E-state index contributed by atoms with van der Waals surface area (Å²) in [5.74, 6) is 0.638. The molecule has 4 rings (SSSR count). The van der Waals surface area contributed by atoms with E-state index in [2.05, 4.69) is 15.6 Å². The van der Waals surface area contributed by atoms with Crippen LogP contribution in [0.15, 0.2) is 71.3 Å². The van der Waals surface area contributed by atoms with E-state index in [9.17, 15) is 9.18 Å². The second kappa shape index (κ2) is 8.02. The number of urea groups is 1. The number of pyridine rings is 1. The van der Waals surface area contributed by atoms with E-state index < -0.39 is 0 Å². The zero-order chi connectivity index (χ0) is 20.2. The number of carbonyl (C=O) groups is 1. The molecule has 4 N–H and O–H groups in total. The van der Waals surface area contributed by atoms with Crippen LogP contribution in [0.3, 0.4) is 0 Å². The van der Waals surface area contributed by atoms with Gasteiger partial charge in [0.2, 0.25) is 0 Å². The summed E-state index contributed by atoms with van der Waals surface area (Å²) in [6, 6.07) is 17.1. The number of rotatable bonds is 5. The van der Waals surface area contributed by atoms with Crippen LogP contribution in [0.2, 0.25) is 0 Å². The van der Waals surface area contributed by atoms with Gasteiger partial charge >= 0.3 is 6.03 Å². The molecule has 4 aromatic rings. The third kappa shape index (κ3) is 4.19. The Kier molecular flexibility index (Phi) is 5.11. The van der Waals surface area contributed by atoms with E-state index in [1.165, 1.54) is 12.1 Å². The van der Waals surface area contributed by atoms with Gasteiger partial charge in [-0.15, -0.1) is 0 Å². The van der Waals surface area contributed by atoms with Crippen molar-refractivity contribution in [2.45, 2.75) is 13.1 Å². The maximum atomic E-state index is 13.8. The van der Waals surface area contributed by atoms with Crippen LogP contribution in [0.4, 0.5) is 15.0 Å². The van der Waals surface area contributed by atoms with Gasteiger partial charge in [-0.1, -0.05) is 36.4 Å². The predicted molar refractivity (Wildman–Crippen MR) is 109 cm³/mol. The first-order chi connectivity index (χ1) is 14.1. The van der Waals surface area contributed by atoms with Gasteiger partial charge in [0, 0.05) is 23.7 Å². The van der Waals surface area contributed by atoms with Crippen molar-refractivity contribution in [3.63, 3.8) is 0 Å². The SMILES string of the molecule is Nc1ccc(CNC(=O)NCc2oc3ccc(F)cc3c2-c2ccccc2)cn1. The van der Waals surface area contributed by atoms with Crippen molar-refractivity contribution < 1.29 is 13.6 Å². The summed E-state index contributed by atoms with van der Waals surface area (Å²) in [6.07, 6.45) is 1.61. The van der Waals surface area contributed by atoms with Gasteiger partial charge in [-0.2, -0.15) is 0 Å². The van der Waals surface area contributed by atoms with Gasteiger partial charge in [-0.25, -0.2) is 14.2 Å². The first kappa shape index (κ1) is 18.5. The van der Waals surface area contributed by atoms with E-state index in [-0.39, 0.29) is 18.4 Å². The molecule has 2 aromatic carbocycles. The Balaban J connectivity index is 1.51. The number of halogens is 1. The number of amides is 2. The summed E-state index contributed by atoms with van der Waals surface area (Å²) in [6.45, 7) is 0.475. The molecule has 6 nitrogen and oxygen atoms in total. The third-order valence-electron chi connectivity index (χ3n) is 4.50. The Labute approximate surface area is 166 Å². The van der Waals surface area contributed by atoms with E-state index in [1.54, 1.807) is 24.4 Å². The third-order valence-corrected chi connectivity index (χ3v) is 4.50. The Hall–Kier alpha value is -3.87. The van der Waals surface area contributed by atoms with E-state index in [0.717, 1.165) is 16.7 Å². The number of fused-ring (bicyclic) bond motifs is 1. The minimum Gasteiger partial charge on any atom is -0.459 e. The Morgan fingerprint density at radius 1 is 1.03 bits per heavy atom. The van der Waals surface area contributed by atoms with E-state index >= 15 is 0 Å². The molecule has 0 bridgehead atoms. The highest BCUT2D eigenvalue weighted by Crippen LogP contribution is 2.35. The number of anilines is 1. The molecular weight excluding hydrogens is 371 g/mol. The Bertz CT molecular complexity index is 1140. The van der Waals surface area contributed by atoms with Gasteiger partial charge in [0.25, 0.3) is 0 Å². The van der Waals surface area contributed by atoms with Crippen molar-refractivity contribution in [1.29, 1.82) is 0 Å². The fourth-order valence-electron chi connectivity index (χ4n) is 3.11.